The van der Waals surface area contributed by atoms with Crippen LogP contribution in [0.3, 0.4) is 0 Å². The van der Waals surface area contributed by atoms with Crippen LogP contribution in [0.1, 0.15) is 5.56 Å². The molecule has 2 heterocycles. The number of nitrogens with zero attached hydrogens (tertiary/aromatic N) is 1. The van der Waals surface area contributed by atoms with E-state index in [0.29, 0.717) is 6.42 Å². The molecule has 0 radical (unpaired) electrons. The monoisotopic (exact) mass is 693 g/mol. The SMILES string of the molecule is c1ccc(P(=C2Cc3ccc4cccnc4c3OP2(c2ccccc2)(c2ccccc2)c2ccccc2)(c2ccccc2)c2ccccc2)cc1. The van der Waals surface area contributed by atoms with E-state index in [1.54, 1.807) is 0 Å². The fourth-order valence-corrected chi connectivity index (χ4v) is 22.4. The first kappa shape index (κ1) is 31.5. The summed E-state index contributed by atoms with van der Waals surface area (Å²) in [5.41, 5.74) is 2.06. The third kappa shape index (κ3) is 4.57. The quantitative estimate of drug-likeness (QED) is 0.163. The second-order valence-corrected chi connectivity index (χ2v) is 21.2. The number of hydrogen-bond donors (Lipinski definition) is 0. The molecule has 8 aromatic rings. The molecule has 0 atom stereocenters. The molecule has 0 saturated heterocycles. The first-order valence-electron chi connectivity index (χ1n) is 17.4. The first-order chi connectivity index (χ1) is 25.3. The Hall–Kier alpha value is -5.52. The van der Waals surface area contributed by atoms with Gasteiger partial charge in [-0.25, -0.2) is 0 Å². The van der Waals surface area contributed by atoms with Crippen LogP contribution in [-0.4, -0.2) is 10.0 Å². The van der Waals surface area contributed by atoms with Crippen LogP contribution in [0.5, 0.6) is 5.75 Å². The first-order valence-corrected chi connectivity index (χ1v) is 21.4. The fraction of sp³-hybridized carbons (Fsp3) is 0.0213. The molecule has 7 aromatic carbocycles. The Morgan fingerprint density at radius 1 is 0.431 bits per heavy atom. The van der Waals surface area contributed by atoms with E-state index in [1.807, 2.05) is 12.3 Å². The summed E-state index contributed by atoms with van der Waals surface area (Å²) in [4.78, 5) is 5.03. The molecule has 1 aliphatic heterocycles. The molecular weight excluding hydrogens is 656 g/mol. The second kappa shape index (κ2) is 12.7. The molecule has 4 heteroatoms. The van der Waals surface area contributed by atoms with E-state index in [2.05, 4.69) is 200 Å². The number of fused-ring (bicyclic) bond motifs is 3. The van der Waals surface area contributed by atoms with Crippen LogP contribution < -0.4 is 36.4 Å². The van der Waals surface area contributed by atoms with Crippen LogP contribution in [0.4, 0.5) is 0 Å². The average molecular weight is 694 g/mol. The topological polar surface area (TPSA) is 22.1 Å². The van der Waals surface area contributed by atoms with Gasteiger partial charge < -0.3 is 0 Å². The zero-order chi connectivity index (χ0) is 34.2. The number of rotatable bonds is 6. The van der Waals surface area contributed by atoms with Gasteiger partial charge in [-0.15, -0.1) is 0 Å². The van der Waals surface area contributed by atoms with E-state index in [9.17, 15) is 0 Å². The Labute approximate surface area is 300 Å². The predicted molar refractivity (Wildman–Crippen MR) is 221 cm³/mol. The summed E-state index contributed by atoms with van der Waals surface area (Å²) in [5.74, 6) is 0.873. The Kier molecular flexibility index (Phi) is 7.81. The van der Waals surface area contributed by atoms with Crippen molar-refractivity contribution in [3.63, 3.8) is 0 Å². The number of benzene rings is 7. The summed E-state index contributed by atoms with van der Waals surface area (Å²) in [5, 5.41) is 9.95. The standard InChI is InChI=1S/C47H37NOP2/c1-7-21-39(22-8-1)50(40-23-9-2-10-24-40,41-25-11-3-12-26-41)45-36-38-34-33-37-20-19-35-48-46(37)47(38)49-51(45,42-27-13-4-14-28-42,43-29-15-5-16-30-43)44-31-17-6-18-32-44/h1-35H,36H2. The summed E-state index contributed by atoms with van der Waals surface area (Å²) in [6.45, 7) is -6.88. The van der Waals surface area contributed by atoms with Gasteiger partial charge in [0.15, 0.2) is 0 Å². The normalized spacial score (nSPS) is 15.5. The maximum absolute atomic E-state index is 8.42. The molecule has 0 fully saturated rings. The van der Waals surface area contributed by atoms with Gasteiger partial charge in [0.2, 0.25) is 0 Å². The van der Waals surface area contributed by atoms with Crippen LogP contribution in [-0.2, 0) is 6.42 Å². The maximum atomic E-state index is 8.42. The van der Waals surface area contributed by atoms with Crippen molar-refractivity contribution in [2.24, 2.45) is 0 Å². The van der Waals surface area contributed by atoms with Crippen molar-refractivity contribution in [1.82, 2.24) is 4.98 Å². The number of hydrogen-bond acceptors (Lipinski definition) is 2. The van der Waals surface area contributed by atoms with E-state index in [1.165, 1.54) is 36.9 Å². The van der Waals surface area contributed by atoms with Gasteiger partial charge in [-0.05, 0) is 0 Å². The summed E-state index contributed by atoms with van der Waals surface area (Å²) in [7, 11) is 0. The Balaban J connectivity index is 1.68. The van der Waals surface area contributed by atoms with E-state index < -0.39 is 13.7 Å². The van der Waals surface area contributed by atoms with Gasteiger partial charge in [0, 0.05) is 0 Å². The van der Waals surface area contributed by atoms with Gasteiger partial charge >= 0.3 is 301 Å². The predicted octanol–water partition coefficient (Wildman–Crippen LogP) is 8.74. The van der Waals surface area contributed by atoms with Crippen molar-refractivity contribution in [3.05, 3.63) is 218 Å². The van der Waals surface area contributed by atoms with Gasteiger partial charge in [-0.2, -0.15) is 0 Å². The molecular formula is C47H37NOP2. The average Bonchev–Trinajstić information content (AvgIpc) is 3.23. The van der Waals surface area contributed by atoms with Crippen molar-refractivity contribution < 1.29 is 4.52 Å². The van der Waals surface area contributed by atoms with Gasteiger partial charge in [-0.1, -0.05) is 0 Å². The number of pyridine rings is 1. The summed E-state index contributed by atoms with van der Waals surface area (Å²) >= 11 is 0. The van der Waals surface area contributed by atoms with E-state index in [4.69, 9.17) is 9.51 Å². The number of aromatic nitrogens is 1. The third-order valence-corrected chi connectivity index (χ3v) is 22.2. The van der Waals surface area contributed by atoms with Gasteiger partial charge in [0.1, 0.15) is 0 Å². The van der Waals surface area contributed by atoms with Crippen LogP contribution in [0.25, 0.3) is 10.9 Å². The molecule has 1 aromatic heterocycles. The van der Waals surface area contributed by atoms with Gasteiger partial charge in [0.25, 0.3) is 0 Å². The van der Waals surface area contributed by atoms with E-state index in [0.717, 1.165) is 22.2 Å². The molecule has 0 saturated carbocycles. The van der Waals surface area contributed by atoms with Crippen molar-refractivity contribution >= 4 is 61.5 Å². The van der Waals surface area contributed by atoms with Crippen molar-refractivity contribution in [2.75, 3.05) is 0 Å². The van der Waals surface area contributed by atoms with Gasteiger partial charge in [0.05, 0.1) is 0 Å². The molecule has 0 bridgehead atoms. The summed E-state index contributed by atoms with van der Waals surface area (Å²) < 4.78 is 8.42. The fourth-order valence-electron chi connectivity index (χ4n) is 8.40. The zero-order valence-corrected chi connectivity index (χ0v) is 30.0. The molecule has 0 spiro atoms. The Morgan fingerprint density at radius 3 is 1.27 bits per heavy atom. The summed E-state index contributed by atoms with van der Waals surface area (Å²) in [6, 6.07) is 75.7. The molecule has 51 heavy (non-hydrogen) atoms. The van der Waals surface area contributed by atoms with Crippen molar-refractivity contribution in [3.8, 4) is 5.75 Å². The second-order valence-electron chi connectivity index (χ2n) is 13.0. The van der Waals surface area contributed by atoms with Crippen LogP contribution in [0.2, 0.25) is 0 Å². The van der Waals surface area contributed by atoms with E-state index in [-0.39, 0.29) is 0 Å². The van der Waals surface area contributed by atoms with E-state index >= 15 is 0 Å². The minimum atomic E-state index is -4.18. The van der Waals surface area contributed by atoms with Gasteiger partial charge in [-0.3, -0.25) is 0 Å². The molecule has 0 unspecified atom stereocenters. The minimum absolute atomic E-state index is 0.713. The molecule has 0 amide bonds. The van der Waals surface area contributed by atoms with Crippen LogP contribution in [0.15, 0.2) is 212 Å². The molecule has 1 aliphatic rings. The summed E-state index contributed by atoms with van der Waals surface area (Å²) in [6.07, 6.45) is 2.60. The molecule has 246 valence electrons. The van der Waals surface area contributed by atoms with Crippen molar-refractivity contribution in [1.29, 1.82) is 0 Å². The molecule has 0 aliphatic carbocycles. The van der Waals surface area contributed by atoms with Crippen LogP contribution >= 0.6 is 13.7 Å². The molecule has 2 nitrogen and oxygen atoms in total. The van der Waals surface area contributed by atoms with Crippen LogP contribution in [0, 0.1) is 0 Å². The third-order valence-electron chi connectivity index (χ3n) is 10.5. The Morgan fingerprint density at radius 2 is 0.843 bits per heavy atom. The molecule has 9 rings (SSSR count). The zero-order valence-electron chi connectivity index (χ0n) is 28.2. The molecule has 0 N–H and O–H groups in total. The Bertz CT molecular complexity index is 2320. The van der Waals surface area contributed by atoms with Crippen molar-refractivity contribution in [2.45, 2.75) is 6.42 Å².